The minimum atomic E-state index is -3.39. The molecule has 0 radical (unpaired) electrons. The number of aryl methyl sites for hydroxylation is 1. The summed E-state index contributed by atoms with van der Waals surface area (Å²) >= 11 is 0. The Morgan fingerprint density at radius 3 is 2.70 bits per heavy atom. The van der Waals surface area contributed by atoms with Gasteiger partial charge in [0.25, 0.3) is 0 Å². The van der Waals surface area contributed by atoms with Gasteiger partial charge in [0.05, 0.1) is 22.8 Å². The fraction of sp³-hybridized carbons (Fsp3) is 0.375. The number of amides is 1. The van der Waals surface area contributed by atoms with Crippen molar-refractivity contribution >= 4 is 15.7 Å². The van der Waals surface area contributed by atoms with Crippen LogP contribution in [-0.4, -0.2) is 26.7 Å². The lowest BCUT2D eigenvalue weighted by Gasteiger charge is -2.07. The van der Waals surface area contributed by atoms with E-state index in [-0.39, 0.29) is 35.3 Å². The molecule has 1 N–H and O–H groups in total. The van der Waals surface area contributed by atoms with Crippen molar-refractivity contribution in [1.82, 2.24) is 5.32 Å². The molecule has 0 unspecified atom stereocenters. The molecule has 0 spiro atoms. The highest BCUT2D eigenvalue weighted by molar-refractivity contribution is 7.91. The van der Waals surface area contributed by atoms with Gasteiger partial charge in [-0.2, -0.15) is 5.26 Å². The number of nitrogens with one attached hydrogen (secondary N) is 1. The van der Waals surface area contributed by atoms with Crippen LogP contribution in [-0.2, 0) is 19.4 Å². The van der Waals surface area contributed by atoms with Gasteiger partial charge >= 0.3 is 0 Å². The van der Waals surface area contributed by atoms with Crippen LogP contribution in [0.1, 0.15) is 24.8 Å². The third-order valence-electron chi connectivity index (χ3n) is 3.46. The highest BCUT2D eigenvalue weighted by Crippen LogP contribution is 2.16. The van der Waals surface area contributed by atoms with E-state index < -0.39 is 9.84 Å². The maximum absolute atomic E-state index is 12.2. The third-order valence-corrected chi connectivity index (χ3v) is 5.27. The summed E-state index contributed by atoms with van der Waals surface area (Å²) in [6, 6.07) is 8.60. The Hall–Kier alpha value is -2.33. The van der Waals surface area contributed by atoms with E-state index in [1.807, 2.05) is 13.0 Å². The topological polar surface area (TPSA) is 96.3 Å². The number of nitrogens with zero attached hydrogens (tertiary/aromatic N) is 1. The fourth-order valence-electron chi connectivity index (χ4n) is 2.15. The Morgan fingerprint density at radius 1 is 1.35 bits per heavy atom. The second-order valence-corrected chi connectivity index (χ2v) is 7.41. The van der Waals surface area contributed by atoms with Crippen LogP contribution in [0, 0.1) is 18.3 Å². The molecule has 0 bridgehead atoms. The lowest BCUT2D eigenvalue weighted by Crippen LogP contribution is -2.24. The van der Waals surface area contributed by atoms with Gasteiger partial charge in [-0.1, -0.05) is 17.7 Å². The smallest absolute Gasteiger partial charge is 0.226 e. The summed E-state index contributed by atoms with van der Waals surface area (Å²) in [6.45, 7) is 2.26. The number of rotatable bonds is 6. The van der Waals surface area contributed by atoms with Gasteiger partial charge in [-0.15, -0.1) is 0 Å². The molecular weight excluding hydrogens is 316 g/mol. The Labute approximate surface area is 135 Å². The minimum Gasteiger partial charge on any atom is -0.478 e. The average Bonchev–Trinajstić information content (AvgIpc) is 2.94. The molecule has 0 atom stereocenters. The van der Waals surface area contributed by atoms with Crippen LogP contribution in [0.15, 0.2) is 40.6 Å². The number of ether oxygens (including phenoxy) is 1. The van der Waals surface area contributed by atoms with Crippen LogP contribution in [0.4, 0.5) is 0 Å². The zero-order valence-corrected chi connectivity index (χ0v) is 13.6. The predicted molar refractivity (Wildman–Crippen MR) is 83.8 cm³/mol. The first-order valence-corrected chi connectivity index (χ1v) is 8.93. The monoisotopic (exact) mass is 334 g/mol. The molecule has 1 aromatic carbocycles. The van der Waals surface area contributed by atoms with Crippen molar-refractivity contribution in [3.63, 3.8) is 0 Å². The highest BCUT2D eigenvalue weighted by atomic mass is 32.2. The first-order valence-electron chi connectivity index (χ1n) is 7.28. The zero-order chi connectivity index (χ0) is 16.9. The molecule has 6 nitrogen and oxygen atoms in total. The van der Waals surface area contributed by atoms with Gasteiger partial charge in [-0.3, -0.25) is 10.1 Å². The number of hydrogen-bond acceptors (Lipinski definition) is 5. The molecule has 0 saturated carbocycles. The minimum absolute atomic E-state index is 0.0522. The molecule has 1 heterocycles. The molecule has 1 aliphatic heterocycles. The Kier molecular flexibility index (Phi) is 5.40. The predicted octanol–water partition coefficient (Wildman–Crippen LogP) is 1.82. The van der Waals surface area contributed by atoms with E-state index in [4.69, 9.17) is 10.00 Å². The van der Waals surface area contributed by atoms with Gasteiger partial charge in [0.15, 0.2) is 9.84 Å². The Morgan fingerprint density at radius 2 is 2.04 bits per heavy atom. The number of carbonyl (C=O) groups excluding carboxylic acids is 1. The second-order valence-electron chi connectivity index (χ2n) is 5.30. The SMILES string of the molecule is Cc1ccc(S(=O)(=O)CCCC(=O)NC2=C(C#N)CCO2)cc1. The number of benzene rings is 1. The van der Waals surface area contributed by atoms with Crippen LogP contribution in [0.2, 0.25) is 0 Å². The Balaban J connectivity index is 1.86. The Bertz CT molecular complexity index is 758. The quantitative estimate of drug-likeness (QED) is 0.856. The van der Waals surface area contributed by atoms with E-state index in [0.29, 0.717) is 18.6 Å². The van der Waals surface area contributed by atoms with Crippen molar-refractivity contribution in [3.05, 3.63) is 41.3 Å². The lowest BCUT2D eigenvalue weighted by atomic mass is 10.2. The van der Waals surface area contributed by atoms with Gasteiger partial charge in [0, 0.05) is 12.8 Å². The molecule has 7 heteroatoms. The van der Waals surface area contributed by atoms with Gasteiger partial charge < -0.3 is 4.74 Å². The van der Waals surface area contributed by atoms with E-state index >= 15 is 0 Å². The largest absolute Gasteiger partial charge is 0.478 e. The van der Waals surface area contributed by atoms with E-state index in [0.717, 1.165) is 5.56 Å². The summed E-state index contributed by atoms with van der Waals surface area (Å²) in [4.78, 5) is 12.1. The van der Waals surface area contributed by atoms with Gasteiger partial charge in [-0.05, 0) is 25.5 Å². The average molecular weight is 334 g/mol. The molecule has 1 amide bonds. The van der Waals surface area contributed by atoms with Crippen molar-refractivity contribution in [2.75, 3.05) is 12.4 Å². The van der Waals surface area contributed by atoms with Crippen LogP contribution in [0.25, 0.3) is 0 Å². The van der Waals surface area contributed by atoms with Gasteiger partial charge in [0.2, 0.25) is 11.8 Å². The third kappa shape index (κ3) is 4.57. The number of hydrogen-bond donors (Lipinski definition) is 1. The molecule has 122 valence electrons. The number of nitriles is 1. The number of carbonyl (C=O) groups is 1. The normalized spacial score (nSPS) is 14.3. The summed E-state index contributed by atoms with van der Waals surface area (Å²) < 4.78 is 29.5. The van der Waals surface area contributed by atoms with Gasteiger partial charge in [0.1, 0.15) is 6.07 Å². The zero-order valence-electron chi connectivity index (χ0n) is 12.8. The van der Waals surface area contributed by atoms with Crippen LogP contribution in [0.3, 0.4) is 0 Å². The van der Waals surface area contributed by atoms with Gasteiger partial charge in [-0.25, -0.2) is 8.42 Å². The van der Waals surface area contributed by atoms with Crippen molar-refractivity contribution in [2.24, 2.45) is 0 Å². The number of sulfone groups is 1. The lowest BCUT2D eigenvalue weighted by molar-refractivity contribution is -0.121. The fourth-order valence-corrected chi connectivity index (χ4v) is 3.46. The second kappa shape index (κ2) is 7.29. The van der Waals surface area contributed by atoms with E-state index in [1.165, 1.54) is 0 Å². The van der Waals surface area contributed by atoms with Crippen molar-refractivity contribution < 1.29 is 17.9 Å². The van der Waals surface area contributed by atoms with E-state index in [9.17, 15) is 13.2 Å². The van der Waals surface area contributed by atoms with E-state index in [1.54, 1.807) is 24.3 Å². The molecule has 0 aliphatic carbocycles. The molecule has 1 aromatic rings. The molecule has 23 heavy (non-hydrogen) atoms. The molecule has 1 aliphatic rings. The summed E-state index contributed by atoms with van der Waals surface area (Å²) in [7, 11) is -3.39. The summed E-state index contributed by atoms with van der Waals surface area (Å²) in [6.07, 6.45) is 0.738. The maximum Gasteiger partial charge on any atom is 0.226 e. The maximum atomic E-state index is 12.2. The van der Waals surface area contributed by atoms with Crippen molar-refractivity contribution in [1.29, 1.82) is 5.26 Å². The first-order chi connectivity index (χ1) is 10.9. The molecule has 0 aromatic heterocycles. The molecule has 0 fully saturated rings. The molecular formula is C16H18N2O4S. The molecule has 2 rings (SSSR count). The highest BCUT2D eigenvalue weighted by Gasteiger charge is 2.19. The molecule has 0 saturated heterocycles. The van der Waals surface area contributed by atoms with Crippen molar-refractivity contribution in [3.8, 4) is 6.07 Å². The first kappa shape index (κ1) is 17.0. The van der Waals surface area contributed by atoms with Crippen LogP contribution < -0.4 is 5.32 Å². The standard InChI is InChI=1S/C16H18N2O4S/c1-12-4-6-14(7-5-12)23(20,21)10-2-3-15(19)18-16-13(11-17)8-9-22-16/h4-7H,2-3,8-10H2,1H3,(H,18,19). The van der Waals surface area contributed by atoms with Crippen LogP contribution >= 0.6 is 0 Å². The van der Waals surface area contributed by atoms with Crippen molar-refractivity contribution in [2.45, 2.75) is 31.1 Å². The van der Waals surface area contributed by atoms with Crippen LogP contribution in [0.5, 0.6) is 0 Å². The summed E-state index contributed by atoms with van der Waals surface area (Å²) in [5, 5.41) is 11.4. The summed E-state index contributed by atoms with van der Waals surface area (Å²) in [5.74, 6) is -0.262. The summed E-state index contributed by atoms with van der Waals surface area (Å²) in [5.41, 5.74) is 1.40. The van der Waals surface area contributed by atoms with E-state index in [2.05, 4.69) is 5.32 Å².